The predicted octanol–water partition coefficient (Wildman–Crippen LogP) is 3.12. The molecule has 0 unspecified atom stereocenters. The Hall–Kier alpha value is -4.01. The van der Waals surface area contributed by atoms with Crippen molar-refractivity contribution in [2.24, 2.45) is 4.99 Å². The van der Waals surface area contributed by atoms with Gasteiger partial charge >= 0.3 is 5.69 Å². The van der Waals surface area contributed by atoms with E-state index < -0.39 is 22.1 Å². The molecule has 3 rings (SSSR count). The van der Waals surface area contributed by atoms with E-state index in [1.807, 2.05) is 13.8 Å². The van der Waals surface area contributed by atoms with Crippen LogP contribution in [-0.4, -0.2) is 25.8 Å². The molecule has 0 aliphatic rings. The largest absolute Gasteiger partial charge is 0.493 e. The van der Waals surface area contributed by atoms with Crippen molar-refractivity contribution in [1.29, 1.82) is 0 Å². The zero-order valence-electron chi connectivity index (χ0n) is 16.9. The third-order valence-corrected chi connectivity index (χ3v) is 4.99. The van der Waals surface area contributed by atoms with E-state index >= 15 is 0 Å². The van der Waals surface area contributed by atoms with Crippen molar-refractivity contribution in [2.45, 2.75) is 27.7 Å². The highest BCUT2D eigenvalue weighted by molar-refractivity contribution is 5.85. The zero-order valence-corrected chi connectivity index (χ0v) is 16.9. The number of aliphatic imine (C=N–C) groups is 1. The number of nitro groups is 1. The van der Waals surface area contributed by atoms with Gasteiger partial charge in [-0.25, -0.2) is 14.4 Å². The van der Waals surface area contributed by atoms with E-state index in [-0.39, 0.29) is 16.9 Å². The summed E-state index contributed by atoms with van der Waals surface area (Å²) in [7, 11) is 0. The van der Waals surface area contributed by atoms with Gasteiger partial charge < -0.3 is 5.11 Å². The number of aromatic nitrogens is 2. The van der Waals surface area contributed by atoms with Gasteiger partial charge in [0.2, 0.25) is 5.88 Å². The summed E-state index contributed by atoms with van der Waals surface area (Å²) >= 11 is 0. The van der Waals surface area contributed by atoms with Crippen LogP contribution in [0.4, 0.5) is 11.4 Å². The molecule has 1 aromatic heterocycles. The highest BCUT2D eigenvalue weighted by Gasteiger charge is 2.17. The maximum atomic E-state index is 12.3. The molecule has 1 heterocycles. The molecule has 30 heavy (non-hydrogen) atoms. The average molecular weight is 408 g/mol. The van der Waals surface area contributed by atoms with Crippen molar-refractivity contribution < 1.29 is 10.0 Å². The van der Waals surface area contributed by atoms with Crippen LogP contribution < -0.4 is 11.2 Å². The highest BCUT2D eigenvalue weighted by atomic mass is 16.6. The van der Waals surface area contributed by atoms with Gasteiger partial charge in [0.25, 0.3) is 11.2 Å². The number of nitrogens with zero attached hydrogens (tertiary/aromatic N) is 3. The molecule has 0 aliphatic heterocycles. The third kappa shape index (κ3) is 3.77. The molecule has 0 atom stereocenters. The summed E-state index contributed by atoms with van der Waals surface area (Å²) in [5.74, 6) is -0.609. The number of hydrogen-bond donors (Lipinski definition) is 2. The molecule has 0 fully saturated rings. The summed E-state index contributed by atoms with van der Waals surface area (Å²) in [5.41, 5.74) is 1.62. The molecule has 0 spiro atoms. The van der Waals surface area contributed by atoms with E-state index in [4.69, 9.17) is 0 Å². The molecule has 2 aromatic carbocycles. The second kappa shape index (κ2) is 7.78. The lowest BCUT2D eigenvalue weighted by atomic mass is 10.1. The molecule has 2 N–H and O–H groups in total. The first kappa shape index (κ1) is 20.7. The number of aromatic hydroxyl groups is 1. The minimum Gasteiger partial charge on any atom is -0.493 e. The molecule has 0 saturated heterocycles. The van der Waals surface area contributed by atoms with E-state index in [0.717, 1.165) is 33.0 Å². The van der Waals surface area contributed by atoms with Crippen LogP contribution in [0.15, 0.2) is 44.9 Å². The van der Waals surface area contributed by atoms with Crippen molar-refractivity contribution in [3.05, 3.63) is 89.1 Å². The van der Waals surface area contributed by atoms with Crippen molar-refractivity contribution in [3.8, 4) is 11.6 Å². The second-order valence-electron chi connectivity index (χ2n) is 7.04. The van der Waals surface area contributed by atoms with Crippen molar-refractivity contribution in [3.63, 3.8) is 0 Å². The quantitative estimate of drug-likeness (QED) is 0.389. The number of nitrogens with one attached hydrogen (secondary N) is 1. The lowest BCUT2D eigenvalue weighted by Crippen LogP contribution is -2.31. The lowest BCUT2D eigenvalue weighted by Gasteiger charge is -2.11. The number of H-pyrrole nitrogens is 1. The summed E-state index contributed by atoms with van der Waals surface area (Å²) in [6.07, 6.45) is 1.02. The number of aryl methyl sites for hydroxylation is 4. The van der Waals surface area contributed by atoms with E-state index in [9.17, 15) is 24.8 Å². The van der Waals surface area contributed by atoms with E-state index in [0.29, 0.717) is 5.69 Å². The molecule has 9 heteroatoms. The van der Waals surface area contributed by atoms with Gasteiger partial charge in [-0.2, -0.15) is 0 Å². The van der Waals surface area contributed by atoms with Crippen molar-refractivity contribution in [1.82, 2.24) is 9.55 Å². The van der Waals surface area contributed by atoms with Crippen LogP contribution in [0.25, 0.3) is 5.69 Å². The van der Waals surface area contributed by atoms with Crippen LogP contribution in [0.1, 0.15) is 27.8 Å². The number of aromatic amines is 1. The van der Waals surface area contributed by atoms with E-state index in [2.05, 4.69) is 9.98 Å². The molecule has 0 aliphatic carbocycles. The summed E-state index contributed by atoms with van der Waals surface area (Å²) in [6.45, 7) is 7.28. The Bertz CT molecular complexity index is 1320. The normalized spacial score (nSPS) is 11.2. The van der Waals surface area contributed by atoms with Crippen molar-refractivity contribution >= 4 is 17.6 Å². The fourth-order valence-corrected chi connectivity index (χ4v) is 2.93. The van der Waals surface area contributed by atoms with Gasteiger partial charge in [-0.1, -0.05) is 6.07 Å². The number of hydrogen-bond acceptors (Lipinski definition) is 6. The molecule has 9 nitrogen and oxygen atoms in total. The first-order chi connectivity index (χ1) is 14.1. The van der Waals surface area contributed by atoms with Crippen LogP contribution in [0.5, 0.6) is 5.88 Å². The average Bonchev–Trinajstić information content (AvgIpc) is 2.66. The molecule has 0 saturated carbocycles. The Morgan fingerprint density at radius 2 is 1.67 bits per heavy atom. The minimum absolute atomic E-state index is 0.0332. The van der Waals surface area contributed by atoms with Gasteiger partial charge in [0.05, 0.1) is 10.6 Å². The van der Waals surface area contributed by atoms with Crippen LogP contribution in [0, 0.1) is 37.8 Å². The van der Waals surface area contributed by atoms with Crippen molar-refractivity contribution in [2.75, 3.05) is 0 Å². The zero-order chi connectivity index (χ0) is 22.2. The number of rotatable bonds is 4. The molecule has 154 valence electrons. The molecular weight excluding hydrogens is 388 g/mol. The van der Waals surface area contributed by atoms with Gasteiger partial charge in [-0.3, -0.25) is 19.9 Å². The fourth-order valence-electron chi connectivity index (χ4n) is 2.93. The SMILES string of the molecule is Cc1ccc(-n2c(O)c(C=Nc3cc(C)c(C)cc3[N+](=O)[O-])c(=O)[nH]c2=O)cc1C. The molecule has 0 bridgehead atoms. The second-order valence-corrected chi connectivity index (χ2v) is 7.04. The van der Waals surface area contributed by atoms with E-state index in [1.54, 1.807) is 32.0 Å². The monoisotopic (exact) mass is 408 g/mol. The summed E-state index contributed by atoms with van der Waals surface area (Å²) in [6, 6.07) is 8.03. The first-order valence-corrected chi connectivity index (χ1v) is 9.05. The first-order valence-electron chi connectivity index (χ1n) is 9.05. The Morgan fingerprint density at radius 1 is 1.03 bits per heavy atom. The minimum atomic E-state index is -0.854. The smallest absolute Gasteiger partial charge is 0.335 e. The molecular formula is C21H20N4O5. The fraction of sp³-hybridized carbons (Fsp3) is 0.190. The number of benzene rings is 2. The maximum absolute atomic E-state index is 12.3. The Kier molecular flexibility index (Phi) is 5.37. The molecule has 3 aromatic rings. The van der Waals surface area contributed by atoms with Crippen LogP contribution in [0.2, 0.25) is 0 Å². The van der Waals surface area contributed by atoms with Gasteiger partial charge in [-0.05, 0) is 68.1 Å². The standard InChI is InChI=1S/C21H20N4O5/c1-11-5-6-15(7-12(11)2)24-20(27)16(19(26)23-21(24)28)10-22-17-8-13(3)14(4)9-18(17)25(29)30/h5-10,27H,1-4H3,(H,23,26,28). The topological polar surface area (TPSA) is 131 Å². The Labute approximate surface area is 171 Å². The summed E-state index contributed by atoms with van der Waals surface area (Å²) in [5, 5.41) is 22.0. The van der Waals surface area contributed by atoms with Crippen LogP contribution in [-0.2, 0) is 0 Å². The van der Waals surface area contributed by atoms with Gasteiger partial charge in [0, 0.05) is 12.3 Å². The van der Waals surface area contributed by atoms with Gasteiger partial charge in [-0.15, -0.1) is 0 Å². The maximum Gasteiger partial charge on any atom is 0.335 e. The lowest BCUT2D eigenvalue weighted by molar-refractivity contribution is -0.384. The van der Waals surface area contributed by atoms with Gasteiger partial charge in [0.15, 0.2) is 0 Å². The Balaban J connectivity index is 2.18. The highest BCUT2D eigenvalue weighted by Crippen LogP contribution is 2.30. The molecule has 0 amide bonds. The van der Waals surface area contributed by atoms with E-state index in [1.165, 1.54) is 12.1 Å². The molecule has 0 radical (unpaired) electrons. The predicted molar refractivity (Wildman–Crippen MR) is 114 cm³/mol. The van der Waals surface area contributed by atoms with Gasteiger partial charge in [0.1, 0.15) is 11.3 Å². The summed E-state index contributed by atoms with van der Waals surface area (Å²) in [4.78, 5) is 41.6. The van der Waals surface area contributed by atoms with Crippen LogP contribution >= 0.6 is 0 Å². The summed E-state index contributed by atoms with van der Waals surface area (Å²) < 4.78 is 0.948. The number of nitro benzene ring substituents is 1. The Morgan fingerprint density at radius 3 is 2.30 bits per heavy atom. The third-order valence-electron chi connectivity index (χ3n) is 4.99. The van der Waals surface area contributed by atoms with Crippen LogP contribution in [0.3, 0.4) is 0 Å².